The fourth-order valence-corrected chi connectivity index (χ4v) is 4.40. The van der Waals surface area contributed by atoms with Gasteiger partial charge in [-0.2, -0.15) is 0 Å². The number of likely N-dealkylation sites (tertiary alicyclic amines) is 1. The minimum Gasteiger partial charge on any atom is -0.462 e. The molecule has 7 nitrogen and oxygen atoms in total. The summed E-state index contributed by atoms with van der Waals surface area (Å²) in [4.78, 5) is 44.5. The maximum absolute atomic E-state index is 12.8. The third-order valence-electron chi connectivity index (χ3n) is 4.81. The number of aromatic nitrogens is 2. The molecule has 1 amide bonds. The largest absolute Gasteiger partial charge is 0.462 e. The molecule has 0 N–H and O–H groups in total. The lowest BCUT2D eigenvalue weighted by molar-refractivity contribution is -0.135. The van der Waals surface area contributed by atoms with E-state index in [9.17, 15) is 14.4 Å². The minimum absolute atomic E-state index is 0.0316. The van der Waals surface area contributed by atoms with Gasteiger partial charge in [0.15, 0.2) is 0 Å². The highest BCUT2D eigenvalue weighted by atomic mass is 32.1. The third kappa shape index (κ3) is 3.38. The van der Waals surface area contributed by atoms with E-state index >= 15 is 0 Å². The molecular weight excluding hydrogens is 354 g/mol. The van der Waals surface area contributed by atoms with E-state index in [4.69, 9.17) is 4.74 Å². The third-order valence-corrected chi connectivity index (χ3v) is 5.99. The van der Waals surface area contributed by atoms with E-state index in [0.717, 1.165) is 37.1 Å². The number of carbonyl (C=O) groups is 2. The van der Waals surface area contributed by atoms with Gasteiger partial charge in [0.25, 0.3) is 5.56 Å². The van der Waals surface area contributed by atoms with Crippen molar-refractivity contribution >= 4 is 33.4 Å². The topological polar surface area (TPSA) is 81.5 Å². The van der Waals surface area contributed by atoms with Crippen molar-refractivity contribution in [2.45, 2.75) is 52.6 Å². The Kier molecular flexibility index (Phi) is 5.41. The minimum atomic E-state index is -0.447. The standard InChI is InChI=1S/C18H23N3O4S/c1-4-25-18(24)15-12(3)14-16(26-15)19-10-20(17(14)23)9-13(22)21-8-6-5-7-11(21)2/h10-11H,4-9H2,1-3H3/t11-/m1/s1. The zero-order valence-corrected chi connectivity index (χ0v) is 16.1. The van der Waals surface area contributed by atoms with Crippen LogP contribution in [0.5, 0.6) is 0 Å². The molecule has 0 bridgehead atoms. The maximum Gasteiger partial charge on any atom is 0.348 e. The van der Waals surface area contributed by atoms with Gasteiger partial charge in [0, 0.05) is 12.6 Å². The average Bonchev–Trinajstić information content (AvgIpc) is 2.95. The Morgan fingerprint density at radius 3 is 2.85 bits per heavy atom. The highest BCUT2D eigenvalue weighted by Gasteiger charge is 2.25. The van der Waals surface area contributed by atoms with Crippen LogP contribution in [0, 0.1) is 6.92 Å². The lowest BCUT2D eigenvalue weighted by Gasteiger charge is -2.33. The van der Waals surface area contributed by atoms with Crippen molar-refractivity contribution in [1.82, 2.24) is 14.5 Å². The number of piperidine rings is 1. The molecule has 0 unspecified atom stereocenters. The molecule has 1 aliphatic heterocycles. The molecule has 140 valence electrons. The number of esters is 1. The number of fused-ring (bicyclic) bond motifs is 1. The predicted molar refractivity (Wildman–Crippen MR) is 99.6 cm³/mol. The van der Waals surface area contributed by atoms with Crippen LogP contribution in [-0.2, 0) is 16.1 Å². The zero-order chi connectivity index (χ0) is 18.8. The van der Waals surface area contributed by atoms with Crippen LogP contribution in [0.2, 0.25) is 0 Å². The molecule has 1 atom stereocenters. The van der Waals surface area contributed by atoms with E-state index in [1.54, 1.807) is 13.8 Å². The van der Waals surface area contributed by atoms with Gasteiger partial charge >= 0.3 is 5.97 Å². The van der Waals surface area contributed by atoms with Crippen LogP contribution in [-0.4, -0.2) is 45.5 Å². The molecule has 3 heterocycles. The summed E-state index contributed by atoms with van der Waals surface area (Å²) in [6.07, 6.45) is 4.50. The van der Waals surface area contributed by atoms with Crippen LogP contribution < -0.4 is 5.56 Å². The van der Waals surface area contributed by atoms with Crippen molar-refractivity contribution < 1.29 is 14.3 Å². The Balaban J connectivity index is 1.92. The van der Waals surface area contributed by atoms with E-state index in [1.165, 1.54) is 10.9 Å². The average molecular weight is 377 g/mol. The van der Waals surface area contributed by atoms with Crippen LogP contribution in [0.3, 0.4) is 0 Å². The molecule has 1 saturated heterocycles. The van der Waals surface area contributed by atoms with Crippen molar-refractivity contribution in [2.75, 3.05) is 13.2 Å². The lowest BCUT2D eigenvalue weighted by atomic mass is 10.0. The number of ether oxygens (including phenoxy) is 1. The molecule has 1 fully saturated rings. The van der Waals surface area contributed by atoms with E-state index in [2.05, 4.69) is 4.98 Å². The first-order valence-corrected chi connectivity index (χ1v) is 9.70. The van der Waals surface area contributed by atoms with Crippen LogP contribution in [0.25, 0.3) is 10.2 Å². The summed E-state index contributed by atoms with van der Waals surface area (Å²) >= 11 is 1.15. The molecule has 26 heavy (non-hydrogen) atoms. The van der Waals surface area contributed by atoms with Crippen molar-refractivity contribution in [3.05, 3.63) is 27.1 Å². The quantitative estimate of drug-likeness (QED) is 0.764. The molecule has 2 aromatic heterocycles. The summed E-state index contributed by atoms with van der Waals surface area (Å²) in [5, 5.41) is 0.389. The lowest BCUT2D eigenvalue weighted by Crippen LogP contribution is -2.44. The highest BCUT2D eigenvalue weighted by molar-refractivity contribution is 7.20. The van der Waals surface area contributed by atoms with Gasteiger partial charge in [0.2, 0.25) is 5.91 Å². The molecule has 3 rings (SSSR count). The first kappa shape index (κ1) is 18.6. The number of hydrogen-bond donors (Lipinski definition) is 0. The molecular formula is C18H23N3O4S. The molecule has 8 heteroatoms. The number of amides is 1. The normalized spacial score (nSPS) is 17.5. The highest BCUT2D eigenvalue weighted by Crippen LogP contribution is 2.27. The number of nitrogens with zero attached hydrogens (tertiary/aromatic N) is 3. The van der Waals surface area contributed by atoms with Crippen molar-refractivity contribution in [3.8, 4) is 0 Å². The van der Waals surface area contributed by atoms with Crippen molar-refractivity contribution in [2.24, 2.45) is 0 Å². The molecule has 2 aromatic rings. The van der Waals surface area contributed by atoms with Gasteiger partial charge in [0.1, 0.15) is 16.3 Å². The summed E-state index contributed by atoms with van der Waals surface area (Å²) < 4.78 is 6.37. The summed E-state index contributed by atoms with van der Waals surface area (Å²) in [6.45, 7) is 6.46. The Hall–Kier alpha value is -2.22. The molecule has 0 aromatic carbocycles. The van der Waals surface area contributed by atoms with E-state index < -0.39 is 5.97 Å². The number of hydrogen-bond acceptors (Lipinski definition) is 6. The second-order valence-corrected chi connectivity index (χ2v) is 7.57. The zero-order valence-electron chi connectivity index (χ0n) is 15.3. The second-order valence-electron chi connectivity index (χ2n) is 6.57. The Bertz CT molecular complexity index is 902. The Morgan fingerprint density at radius 1 is 1.38 bits per heavy atom. The Labute approximate surface area is 155 Å². The maximum atomic E-state index is 12.8. The smallest absolute Gasteiger partial charge is 0.348 e. The number of carbonyl (C=O) groups excluding carboxylic acids is 2. The fraction of sp³-hybridized carbons (Fsp3) is 0.556. The van der Waals surface area contributed by atoms with Crippen LogP contribution >= 0.6 is 11.3 Å². The fourth-order valence-electron chi connectivity index (χ4n) is 3.37. The second kappa shape index (κ2) is 7.57. The summed E-state index contributed by atoms with van der Waals surface area (Å²) in [5.74, 6) is -0.517. The SMILES string of the molecule is CCOC(=O)c1sc2ncn(CC(=O)N3CCCC[C@H]3C)c(=O)c2c1C. The Morgan fingerprint density at radius 2 is 2.15 bits per heavy atom. The molecule has 0 radical (unpaired) electrons. The van der Waals surface area contributed by atoms with Crippen molar-refractivity contribution in [1.29, 1.82) is 0 Å². The van der Waals surface area contributed by atoms with Crippen LogP contribution in [0.1, 0.15) is 48.3 Å². The summed E-state index contributed by atoms with van der Waals surface area (Å²) in [5.41, 5.74) is 0.270. The first-order valence-electron chi connectivity index (χ1n) is 8.89. The van der Waals surface area contributed by atoms with Gasteiger partial charge in [-0.1, -0.05) is 0 Å². The first-order chi connectivity index (χ1) is 12.4. The van der Waals surface area contributed by atoms with Gasteiger partial charge in [-0.15, -0.1) is 11.3 Å². The number of thiophene rings is 1. The molecule has 0 saturated carbocycles. The van der Waals surface area contributed by atoms with E-state index in [1.807, 2.05) is 11.8 Å². The molecule has 1 aliphatic rings. The van der Waals surface area contributed by atoms with Gasteiger partial charge < -0.3 is 9.64 Å². The van der Waals surface area contributed by atoms with Crippen molar-refractivity contribution in [3.63, 3.8) is 0 Å². The molecule has 0 spiro atoms. The van der Waals surface area contributed by atoms with Crippen LogP contribution in [0.15, 0.2) is 11.1 Å². The summed E-state index contributed by atoms with van der Waals surface area (Å²) in [6, 6.07) is 0.196. The van der Waals surface area contributed by atoms with Gasteiger partial charge in [-0.3, -0.25) is 14.2 Å². The number of rotatable bonds is 4. The van der Waals surface area contributed by atoms with Gasteiger partial charge in [-0.25, -0.2) is 9.78 Å². The van der Waals surface area contributed by atoms with Gasteiger partial charge in [0.05, 0.1) is 18.3 Å². The van der Waals surface area contributed by atoms with Gasteiger partial charge in [-0.05, 0) is 45.6 Å². The van der Waals surface area contributed by atoms with E-state index in [0.29, 0.717) is 20.7 Å². The monoisotopic (exact) mass is 377 g/mol. The summed E-state index contributed by atoms with van der Waals surface area (Å²) in [7, 11) is 0. The van der Waals surface area contributed by atoms with E-state index in [-0.39, 0.29) is 30.7 Å². The predicted octanol–water partition coefficient (Wildman–Crippen LogP) is 2.34. The molecule has 0 aliphatic carbocycles. The van der Waals surface area contributed by atoms with Crippen LogP contribution in [0.4, 0.5) is 0 Å². The number of aryl methyl sites for hydroxylation is 1.